The van der Waals surface area contributed by atoms with E-state index in [4.69, 9.17) is 4.74 Å². The van der Waals surface area contributed by atoms with Crippen LogP contribution in [0.25, 0.3) is 0 Å². The van der Waals surface area contributed by atoms with Crippen molar-refractivity contribution >= 4 is 0 Å². The molecular weight excluding hydrogens is 212 g/mol. The van der Waals surface area contributed by atoms with Crippen molar-refractivity contribution in [2.45, 2.75) is 32.0 Å². The Kier molecular flexibility index (Phi) is 3.04. The summed E-state index contributed by atoms with van der Waals surface area (Å²) in [4.78, 5) is 2.36. The van der Waals surface area contributed by atoms with Crippen LogP contribution in [-0.2, 0) is 13.1 Å². The van der Waals surface area contributed by atoms with Crippen LogP contribution in [0.1, 0.15) is 24.0 Å². The highest BCUT2D eigenvalue weighted by atomic mass is 16.5. The molecule has 0 aliphatic carbocycles. The quantitative estimate of drug-likeness (QED) is 0.841. The maximum atomic E-state index is 6.19. The fraction of sp³-hybridized carbons (Fsp3) is 0.571. The number of rotatable bonds is 2. The summed E-state index contributed by atoms with van der Waals surface area (Å²) in [6.07, 6.45) is 2.79. The summed E-state index contributed by atoms with van der Waals surface area (Å²) in [5.41, 5.74) is 2.76. The molecule has 1 fully saturated rings. The molecular formula is C14H20N2O. The van der Waals surface area contributed by atoms with Crippen molar-refractivity contribution < 1.29 is 4.74 Å². The number of ether oxygens (including phenoxy) is 1. The highest BCUT2D eigenvalue weighted by Gasteiger charge is 2.21. The van der Waals surface area contributed by atoms with Crippen molar-refractivity contribution in [1.82, 2.24) is 10.2 Å². The van der Waals surface area contributed by atoms with Crippen molar-refractivity contribution in [2.24, 2.45) is 0 Å². The van der Waals surface area contributed by atoms with Gasteiger partial charge in [-0.25, -0.2) is 0 Å². The van der Waals surface area contributed by atoms with Gasteiger partial charge in [-0.3, -0.25) is 0 Å². The zero-order valence-corrected chi connectivity index (χ0v) is 10.4. The van der Waals surface area contributed by atoms with Gasteiger partial charge in [-0.2, -0.15) is 0 Å². The maximum absolute atomic E-state index is 6.19. The number of nitrogens with zero attached hydrogens (tertiary/aromatic N) is 1. The number of benzene rings is 1. The summed E-state index contributed by atoms with van der Waals surface area (Å²) in [5, 5.41) is 3.38. The van der Waals surface area contributed by atoms with Gasteiger partial charge >= 0.3 is 0 Å². The SMILES string of the molecule is CN1CCCC(Oc2cccc3c2CNC3)C1. The third-order valence-electron chi connectivity index (χ3n) is 3.72. The Labute approximate surface area is 103 Å². The first-order valence-electron chi connectivity index (χ1n) is 6.49. The van der Waals surface area contributed by atoms with E-state index in [9.17, 15) is 0 Å². The molecule has 1 aromatic rings. The molecule has 3 rings (SSSR count). The average molecular weight is 232 g/mol. The van der Waals surface area contributed by atoms with Crippen molar-refractivity contribution in [3.63, 3.8) is 0 Å². The van der Waals surface area contributed by atoms with Gasteiger partial charge < -0.3 is 15.0 Å². The minimum Gasteiger partial charge on any atom is -0.489 e. The van der Waals surface area contributed by atoms with E-state index in [1.807, 2.05) is 0 Å². The fourth-order valence-corrected chi connectivity index (χ4v) is 2.80. The molecule has 1 saturated heterocycles. The second-order valence-electron chi connectivity index (χ2n) is 5.14. The second kappa shape index (κ2) is 4.67. The number of likely N-dealkylation sites (tertiary alicyclic amines) is 1. The van der Waals surface area contributed by atoms with Crippen molar-refractivity contribution in [2.75, 3.05) is 20.1 Å². The molecule has 1 aromatic carbocycles. The van der Waals surface area contributed by atoms with Gasteiger partial charge in [0.15, 0.2) is 0 Å². The van der Waals surface area contributed by atoms with E-state index in [0.29, 0.717) is 6.10 Å². The second-order valence-corrected chi connectivity index (χ2v) is 5.14. The summed E-state index contributed by atoms with van der Waals surface area (Å²) in [6.45, 7) is 4.19. The van der Waals surface area contributed by atoms with Crippen LogP contribution in [0.3, 0.4) is 0 Å². The van der Waals surface area contributed by atoms with Crippen LogP contribution in [0.15, 0.2) is 18.2 Å². The molecule has 0 bridgehead atoms. The Balaban J connectivity index is 1.74. The predicted octanol–water partition coefficient (Wildman–Crippen LogP) is 1.76. The molecule has 2 aliphatic heterocycles. The third-order valence-corrected chi connectivity index (χ3v) is 3.72. The first-order chi connectivity index (χ1) is 8.33. The van der Waals surface area contributed by atoms with E-state index in [1.165, 1.54) is 30.5 Å². The zero-order valence-electron chi connectivity index (χ0n) is 10.4. The molecule has 0 spiro atoms. The van der Waals surface area contributed by atoms with Gasteiger partial charge in [0, 0.05) is 25.2 Å². The lowest BCUT2D eigenvalue weighted by atomic mass is 10.1. The summed E-state index contributed by atoms with van der Waals surface area (Å²) in [7, 11) is 2.17. The summed E-state index contributed by atoms with van der Waals surface area (Å²) >= 11 is 0. The minimum atomic E-state index is 0.362. The Morgan fingerprint density at radius 2 is 2.29 bits per heavy atom. The molecule has 1 unspecified atom stereocenters. The van der Waals surface area contributed by atoms with Gasteiger partial charge in [-0.15, -0.1) is 0 Å². The van der Waals surface area contributed by atoms with Crippen LogP contribution in [0.2, 0.25) is 0 Å². The normalized spacial score (nSPS) is 24.6. The molecule has 1 atom stereocenters. The van der Waals surface area contributed by atoms with Crippen LogP contribution < -0.4 is 10.1 Å². The highest BCUT2D eigenvalue weighted by molar-refractivity contribution is 5.42. The monoisotopic (exact) mass is 232 g/mol. The van der Waals surface area contributed by atoms with Crippen molar-refractivity contribution in [1.29, 1.82) is 0 Å². The molecule has 3 nitrogen and oxygen atoms in total. The summed E-state index contributed by atoms with van der Waals surface area (Å²) in [5.74, 6) is 1.09. The van der Waals surface area contributed by atoms with E-state index < -0.39 is 0 Å². The van der Waals surface area contributed by atoms with E-state index in [2.05, 4.69) is 35.5 Å². The van der Waals surface area contributed by atoms with E-state index in [0.717, 1.165) is 25.4 Å². The number of fused-ring (bicyclic) bond motifs is 1. The molecule has 0 saturated carbocycles. The average Bonchev–Trinajstić information content (AvgIpc) is 2.78. The van der Waals surface area contributed by atoms with Gasteiger partial charge in [0.1, 0.15) is 11.9 Å². The van der Waals surface area contributed by atoms with Gasteiger partial charge in [0.05, 0.1) is 0 Å². The van der Waals surface area contributed by atoms with Crippen LogP contribution in [0.5, 0.6) is 5.75 Å². The third kappa shape index (κ3) is 2.31. The number of likely N-dealkylation sites (N-methyl/N-ethyl adjacent to an activating group) is 1. The van der Waals surface area contributed by atoms with Gasteiger partial charge in [-0.05, 0) is 38.1 Å². The Hall–Kier alpha value is -1.06. The topological polar surface area (TPSA) is 24.5 Å². The highest BCUT2D eigenvalue weighted by Crippen LogP contribution is 2.28. The van der Waals surface area contributed by atoms with E-state index in [1.54, 1.807) is 0 Å². The van der Waals surface area contributed by atoms with E-state index >= 15 is 0 Å². The molecule has 0 radical (unpaired) electrons. The van der Waals surface area contributed by atoms with Gasteiger partial charge in [-0.1, -0.05) is 12.1 Å². The van der Waals surface area contributed by atoms with Crippen LogP contribution in [0.4, 0.5) is 0 Å². The smallest absolute Gasteiger partial charge is 0.124 e. The first kappa shape index (κ1) is 11.1. The predicted molar refractivity (Wildman–Crippen MR) is 68.1 cm³/mol. The standard InChI is InChI=1S/C14H20N2O/c1-16-7-3-5-12(10-16)17-14-6-2-4-11-8-15-9-13(11)14/h2,4,6,12,15H,3,5,7-10H2,1H3. The number of nitrogens with one attached hydrogen (secondary N) is 1. The molecule has 1 N–H and O–H groups in total. The molecule has 2 aliphatic rings. The van der Waals surface area contributed by atoms with Crippen molar-refractivity contribution in [3.8, 4) is 5.75 Å². The number of hydrogen-bond donors (Lipinski definition) is 1. The lowest BCUT2D eigenvalue weighted by Crippen LogP contribution is -2.38. The molecule has 2 heterocycles. The Bertz CT molecular complexity index is 405. The van der Waals surface area contributed by atoms with Crippen LogP contribution in [-0.4, -0.2) is 31.1 Å². The lowest BCUT2D eigenvalue weighted by molar-refractivity contribution is 0.103. The van der Waals surface area contributed by atoms with Gasteiger partial charge in [0.2, 0.25) is 0 Å². The first-order valence-corrected chi connectivity index (χ1v) is 6.49. The van der Waals surface area contributed by atoms with Crippen LogP contribution >= 0.6 is 0 Å². The molecule has 17 heavy (non-hydrogen) atoms. The minimum absolute atomic E-state index is 0.362. The fourth-order valence-electron chi connectivity index (χ4n) is 2.80. The Morgan fingerprint density at radius 1 is 1.35 bits per heavy atom. The molecule has 0 aromatic heterocycles. The Morgan fingerprint density at radius 3 is 3.18 bits per heavy atom. The van der Waals surface area contributed by atoms with Crippen LogP contribution in [0, 0.1) is 0 Å². The largest absolute Gasteiger partial charge is 0.489 e. The zero-order chi connectivity index (χ0) is 11.7. The molecule has 3 heteroatoms. The van der Waals surface area contributed by atoms with Gasteiger partial charge in [0.25, 0.3) is 0 Å². The molecule has 92 valence electrons. The van der Waals surface area contributed by atoms with Crippen molar-refractivity contribution in [3.05, 3.63) is 29.3 Å². The molecule has 0 amide bonds. The lowest BCUT2D eigenvalue weighted by Gasteiger charge is -2.30. The number of hydrogen-bond acceptors (Lipinski definition) is 3. The van der Waals surface area contributed by atoms with E-state index in [-0.39, 0.29) is 0 Å². The maximum Gasteiger partial charge on any atom is 0.124 e. The summed E-state index contributed by atoms with van der Waals surface area (Å²) in [6, 6.07) is 6.41. The number of piperidine rings is 1. The summed E-state index contributed by atoms with van der Waals surface area (Å²) < 4.78 is 6.19.